The highest BCUT2D eigenvalue weighted by molar-refractivity contribution is 7.90. The Kier molecular flexibility index (Phi) is 4.62. The maximum Gasteiger partial charge on any atom is 0.156 e. The van der Waals surface area contributed by atoms with Gasteiger partial charge >= 0.3 is 0 Å². The lowest BCUT2D eigenvalue weighted by molar-refractivity contribution is 0.454. The monoisotopic (exact) mass is 318 g/mol. The van der Waals surface area contributed by atoms with Crippen LogP contribution in [0.4, 0.5) is 0 Å². The molecule has 1 aliphatic carbocycles. The minimum absolute atomic E-state index is 0.0936. The van der Waals surface area contributed by atoms with E-state index in [2.05, 4.69) is 5.10 Å². The summed E-state index contributed by atoms with van der Waals surface area (Å²) < 4.78 is 26.7. The first-order valence-electron chi connectivity index (χ1n) is 7.91. The van der Waals surface area contributed by atoms with Crippen LogP contribution in [-0.2, 0) is 22.0 Å². The van der Waals surface area contributed by atoms with Gasteiger partial charge in [0.15, 0.2) is 9.84 Å². The molecule has 1 heterocycles. The number of hydrogen-bond acceptors (Lipinski definition) is 3. The van der Waals surface area contributed by atoms with Gasteiger partial charge in [0.1, 0.15) is 0 Å². The van der Waals surface area contributed by atoms with Gasteiger partial charge in [-0.25, -0.2) is 8.42 Å². The van der Waals surface area contributed by atoms with Crippen molar-refractivity contribution in [2.24, 2.45) is 0 Å². The average Bonchev–Trinajstić information content (AvgIpc) is 3.17. The van der Waals surface area contributed by atoms with E-state index in [1.807, 2.05) is 41.1 Å². The molecule has 1 aliphatic rings. The summed E-state index contributed by atoms with van der Waals surface area (Å²) in [5, 5.41) is 4.35. The van der Waals surface area contributed by atoms with Crippen LogP contribution in [0.1, 0.15) is 43.0 Å². The molecule has 3 rings (SSSR count). The molecule has 0 N–H and O–H groups in total. The van der Waals surface area contributed by atoms with E-state index in [1.54, 1.807) is 6.20 Å². The summed E-state index contributed by atoms with van der Waals surface area (Å²) in [5.74, 6) is 0.281. The quantitative estimate of drug-likeness (QED) is 0.822. The summed E-state index contributed by atoms with van der Waals surface area (Å²) in [7, 11) is -3.12. The fourth-order valence-electron chi connectivity index (χ4n) is 3.15. The zero-order valence-electron chi connectivity index (χ0n) is 12.7. The third kappa shape index (κ3) is 3.77. The van der Waals surface area contributed by atoms with E-state index in [-0.39, 0.29) is 11.5 Å². The van der Waals surface area contributed by atoms with Gasteiger partial charge in [-0.1, -0.05) is 43.2 Å². The van der Waals surface area contributed by atoms with Gasteiger partial charge in [0.25, 0.3) is 0 Å². The van der Waals surface area contributed by atoms with Crippen molar-refractivity contribution in [2.75, 3.05) is 5.75 Å². The lowest BCUT2D eigenvalue weighted by atomic mass is 10.2. The Balaban J connectivity index is 1.65. The molecular weight excluding hydrogens is 296 g/mol. The Labute approximate surface area is 132 Å². The van der Waals surface area contributed by atoms with E-state index in [9.17, 15) is 8.42 Å². The second-order valence-corrected chi connectivity index (χ2v) is 8.22. The number of benzene rings is 1. The smallest absolute Gasteiger partial charge is 0.156 e. The van der Waals surface area contributed by atoms with Crippen LogP contribution in [0.25, 0.3) is 0 Å². The molecule has 5 heteroatoms. The molecule has 118 valence electrons. The van der Waals surface area contributed by atoms with Crippen LogP contribution in [0.15, 0.2) is 42.6 Å². The second-order valence-electron chi connectivity index (χ2n) is 6.03. The summed E-state index contributed by atoms with van der Waals surface area (Å²) in [6.45, 7) is 0. The number of aryl methyl sites for hydroxylation is 1. The number of nitrogens with zero attached hydrogens (tertiary/aromatic N) is 2. The second kappa shape index (κ2) is 6.65. The first kappa shape index (κ1) is 15.3. The van der Waals surface area contributed by atoms with E-state index in [0.717, 1.165) is 24.1 Å². The molecule has 0 spiro atoms. The fraction of sp³-hybridized carbons (Fsp3) is 0.471. The molecule has 0 radical (unpaired) electrons. The summed E-state index contributed by atoms with van der Waals surface area (Å²) in [6, 6.07) is 12.0. The van der Waals surface area contributed by atoms with Gasteiger partial charge in [-0.15, -0.1) is 0 Å². The molecule has 2 aromatic rings. The first-order valence-corrected chi connectivity index (χ1v) is 9.73. The van der Waals surface area contributed by atoms with Crippen molar-refractivity contribution in [3.8, 4) is 0 Å². The highest BCUT2D eigenvalue weighted by atomic mass is 32.2. The van der Waals surface area contributed by atoms with Crippen LogP contribution in [0.5, 0.6) is 0 Å². The van der Waals surface area contributed by atoms with Crippen molar-refractivity contribution in [1.29, 1.82) is 0 Å². The van der Waals surface area contributed by atoms with Crippen molar-refractivity contribution in [3.63, 3.8) is 0 Å². The van der Waals surface area contributed by atoms with Gasteiger partial charge in [-0.05, 0) is 30.9 Å². The van der Waals surface area contributed by atoms with Crippen LogP contribution < -0.4 is 0 Å². The Morgan fingerprint density at radius 3 is 2.55 bits per heavy atom. The molecule has 0 amide bonds. The van der Waals surface area contributed by atoms with E-state index >= 15 is 0 Å². The Bertz CT molecular complexity index is 701. The third-order valence-corrected chi connectivity index (χ3v) is 5.90. The number of hydrogen-bond donors (Lipinski definition) is 0. The molecule has 1 aromatic heterocycles. The predicted octanol–water partition coefficient (Wildman–Crippen LogP) is 3.16. The summed E-state index contributed by atoms with van der Waals surface area (Å²) in [6.07, 6.45) is 6.94. The van der Waals surface area contributed by atoms with Crippen molar-refractivity contribution in [1.82, 2.24) is 9.78 Å². The molecule has 22 heavy (non-hydrogen) atoms. The molecule has 1 aromatic carbocycles. The first-order chi connectivity index (χ1) is 10.6. The lowest BCUT2D eigenvalue weighted by Crippen LogP contribution is -2.17. The minimum Gasteiger partial charge on any atom is -0.266 e. The van der Waals surface area contributed by atoms with Crippen LogP contribution in [-0.4, -0.2) is 24.0 Å². The van der Waals surface area contributed by atoms with Gasteiger partial charge in [-0.2, -0.15) is 5.10 Å². The normalized spacial score (nSPS) is 16.2. The highest BCUT2D eigenvalue weighted by Crippen LogP contribution is 2.30. The Hall–Kier alpha value is -1.62. The molecule has 0 unspecified atom stereocenters. The molecule has 0 aliphatic heterocycles. The fourth-order valence-corrected chi connectivity index (χ4v) is 4.52. The zero-order chi connectivity index (χ0) is 15.4. The van der Waals surface area contributed by atoms with Gasteiger partial charge in [0.2, 0.25) is 0 Å². The van der Waals surface area contributed by atoms with Crippen molar-refractivity contribution >= 4 is 9.84 Å². The summed E-state index contributed by atoms with van der Waals surface area (Å²) in [4.78, 5) is 0. The Morgan fingerprint density at radius 2 is 1.82 bits per heavy atom. The van der Waals surface area contributed by atoms with Crippen LogP contribution in [0.2, 0.25) is 0 Å². The molecule has 4 nitrogen and oxygen atoms in total. The largest absolute Gasteiger partial charge is 0.266 e. The number of sulfone groups is 1. The number of aromatic nitrogens is 2. The molecule has 0 bridgehead atoms. The van der Waals surface area contributed by atoms with E-state index in [4.69, 9.17) is 0 Å². The zero-order valence-corrected chi connectivity index (χ0v) is 13.5. The maximum atomic E-state index is 12.4. The Morgan fingerprint density at radius 1 is 1.09 bits per heavy atom. The van der Waals surface area contributed by atoms with Gasteiger partial charge in [0, 0.05) is 6.20 Å². The summed E-state index contributed by atoms with van der Waals surface area (Å²) in [5.41, 5.74) is 1.90. The van der Waals surface area contributed by atoms with Crippen molar-refractivity contribution in [2.45, 2.75) is 43.9 Å². The number of rotatable bonds is 6. The minimum atomic E-state index is -3.12. The molecular formula is C17H22N2O2S. The molecule has 1 saturated carbocycles. The standard InChI is InChI=1S/C17H22N2O2S/c20-22(21,13-11-15-6-2-1-3-7-15)14-17-10-12-18-19(17)16-8-4-5-9-16/h1-3,6-7,10,12,16H,4-5,8-9,11,13-14H2. The van der Waals surface area contributed by atoms with E-state index < -0.39 is 9.84 Å². The van der Waals surface area contributed by atoms with Crippen LogP contribution >= 0.6 is 0 Å². The van der Waals surface area contributed by atoms with Gasteiger partial charge in [-0.3, -0.25) is 4.68 Å². The lowest BCUT2D eigenvalue weighted by Gasteiger charge is -2.14. The van der Waals surface area contributed by atoms with Crippen LogP contribution in [0.3, 0.4) is 0 Å². The SMILES string of the molecule is O=S(=O)(CCc1ccccc1)Cc1ccnn1C1CCCC1. The molecule has 1 fully saturated rings. The van der Waals surface area contributed by atoms with Gasteiger partial charge < -0.3 is 0 Å². The topological polar surface area (TPSA) is 52.0 Å². The summed E-state index contributed by atoms with van der Waals surface area (Å²) >= 11 is 0. The highest BCUT2D eigenvalue weighted by Gasteiger charge is 2.22. The van der Waals surface area contributed by atoms with E-state index in [1.165, 1.54) is 12.8 Å². The molecule has 0 saturated heterocycles. The average molecular weight is 318 g/mol. The maximum absolute atomic E-state index is 12.4. The van der Waals surface area contributed by atoms with E-state index in [0.29, 0.717) is 12.5 Å². The van der Waals surface area contributed by atoms with Crippen molar-refractivity contribution < 1.29 is 8.42 Å². The third-order valence-electron chi connectivity index (χ3n) is 4.34. The molecule has 0 atom stereocenters. The van der Waals surface area contributed by atoms with Crippen LogP contribution in [0, 0.1) is 0 Å². The van der Waals surface area contributed by atoms with Gasteiger partial charge in [0.05, 0.1) is 23.2 Å². The predicted molar refractivity (Wildman–Crippen MR) is 87.4 cm³/mol. The van der Waals surface area contributed by atoms with Crippen molar-refractivity contribution in [3.05, 3.63) is 53.9 Å².